The highest BCUT2D eigenvalue weighted by molar-refractivity contribution is 5.79. The van der Waals surface area contributed by atoms with Gasteiger partial charge in [-0.15, -0.1) is 0 Å². The van der Waals surface area contributed by atoms with E-state index in [2.05, 4.69) is 0 Å². The quantitative estimate of drug-likeness (QED) is 0.697. The van der Waals surface area contributed by atoms with Crippen LogP contribution in [0.4, 0.5) is 0 Å². The van der Waals surface area contributed by atoms with E-state index >= 15 is 0 Å². The Labute approximate surface area is 114 Å². The Bertz CT molecular complexity index is 314. The molecule has 0 bridgehead atoms. The number of ether oxygens (including phenoxy) is 1. The molecule has 1 aliphatic rings. The average Bonchev–Trinajstić information content (AvgIpc) is 2.45. The Hall–Kier alpha value is -1.14. The van der Waals surface area contributed by atoms with E-state index in [4.69, 9.17) is 9.84 Å². The molecule has 6 heteroatoms. The predicted octanol–water partition coefficient (Wildman–Crippen LogP) is -0.289. The predicted molar refractivity (Wildman–Crippen MR) is 70.5 cm³/mol. The lowest BCUT2D eigenvalue weighted by Gasteiger charge is -2.32. The van der Waals surface area contributed by atoms with Gasteiger partial charge in [0.2, 0.25) is 5.91 Å². The Morgan fingerprint density at radius 2 is 2.00 bits per heavy atom. The smallest absolute Gasteiger partial charge is 0.308 e. The number of aliphatic hydroxyl groups is 1. The fraction of sp³-hybridized carbons (Fsp3) is 0.846. The van der Waals surface area contributed by atoms with Crippen molar-refractivity contribution in [3.8, 4) is 0 Å². The van der Waals surface area contributed by atoms with Gasteiger partial charge in [-0.05, 0) is 26.8 Å². The molecule has 1 heterocycles. The van der Waals surface area contributed by atoms with E-state index in [0.29, 0.717) is 32.5 Å². The molecule has 0 aliphatic carbocycles. The standard InChI is InChI=1S/C13H24N2O4/c1-10(9-16)14(2)8-12(17)15-6-4-11(5-7-15)13(18)19-3/h10-11,16H,4-9H2,1-3H3. The maximum Gasteiger partial charge on any atom is 0.308 e. The van der Waals surface area contributed by atoms with E-state index in [9.17, 15) is 9.59 Å². The minimum absolute atomic E-state index is 0.0310. The lowest BCUT2D eigenvalue weighted by atomic mass is 9.97. The van der Waals surface area contributed by atoms with Gasteiger partial charge in [0.15, 0.2) is 0 Å². The molecule has 1 fully saturated rings. The second-order valence-corrected chi connectivity index (χ2v) is 5.12. The van der Waals surface area contributed by atoms with Gasteiger partial charge in [0.1, 0.15) is 0 Å². The molecule has 1 atom stereocenters. The Morgan fingerprint density at radius 1 is 1.42 bits per heavy atom. The highest BCUT2D eigenvalue weighted by atomic mass is 16.5. The minimum atomic E-state index is -0.182. The van der Waals surface area contributed by atoms with Gasteiger partial charge in [-0.2, -0.15) is 0 Å². The van der Waals surface area contributed by atoms with E-state index in [-0.39, 0.29) is 30.4 Å². The van der Waals surface area contributed by atoms with Gasteiger partial charge in [-0.1, -0.05) is 0 Å². The fourth-order valence-corrected chi connectivity index (χ4v) is 2.14. The third kappa shape index (κ3) is 4.47. The number of methoxy groups -OCH3 is 1. The van der Waals surface area contributed by atoms with Crippen LogP contribution in [0.1, 0.15) is 19.8 Å². The van der Waals surface area contributed by atoms with Crippen LogP contribution in [-0.4, -0.2) is 73.2 Å². The third-order valence-electron chi connectivity index (χ3n) is 3.78. The lowest BCUT2D eigenvalue weighted by Crippen LogP contribution is -2.46. The number of amides is 1. The zero-order valence-electron chi connectivity index (χ0n) is 12.0. The van der Waals surface area contributed by atoms with Gasteiger partial charge in [-0.25, -0.2) is 0 Å². The second-order valence-electron chi connectivity index (χ2n) is 5.12. The highest BCUT2D eigenvalue weighted by Gasteiger charge is 2.28. The largest absolute Gasteiger partial charge is 0.469 e. The van der Waals surface area contributed by atoms with Gasteiger partial charge in [-0.3, -0.25) is 14.5 Å². The van der Waals surface area contributed by atoms with Gasteiger partial charge < -0.3 is 14.7 Å². The summed E-state index contributed by atoms with van der Waals surface area (Å²) in [5, 5.41) is 9.03. The molecule has 1 unspecified atom stereocenters. The van der Waals surface area contributed by atoms with Crippen molar-refractivity contribution in [3.63, 3.8) is 0 Å². The van der Waals surface area contributed by atoms with E-state index in [0.717, 1.165) is 0 Å². The summed E-state index contributed by atoms with van der Waals surface area (Å²) in [6.45, 7) is 3.40. The van der Waals surface area contributed by atoms with Gasteiger partial charge in [0.05, 0.1) is 26.2 Å². The molecule has 19 heavy (non-hydrogen) atoms. The number of hydrogen-bond donors (Lipinski definition) is 1. The van der Waals surface area contributed by atoms with Crippen LogP contribution >= 0.6 is 0 Å². The fourth-order valence-electron chi connectivity index (χ4n) is 2.14. The van der Waals surface area contributed by atoms with E-state index < -0.39 is 0 Å². The van der Waals surface area contributed by atoms with Crippen molar-refractivity contribution in [1.29, 1.82) is 0 Å². The molecule has 0 aromatic heterocycles. The van der Waals surface area contributed by atoms with Gasteiger partial charge in [0, 0.05) is 19.1 Å². The summed E-state index contributed by atoms with van der Waals surface area (Å²) in [6.07, 6.45) is 1.33. The maximum atomic E-state index is 12.1. The van der Waals surface area contributed by atoms with Gasteiger partial charge >= 0.3 is 5.97 Å². The number of likely N-dealkylation sites (tertiary alicyclic amines) is 1. The van der Waals surface area contributed by atoms with Crippen LogP contribution in [0.3, 0.4) is 0 Å². The zero-order chi connectivity index (χ0) is 14.4. The van der Waals surface area contributed by atoms with Crippen molar-refractivity contribution in [2.75, 3.05) is 40.4 Å². The molecule has 1 rings (SSSR count). The zero-order valence-corrected chi connectivity index (χ0v) is 12.0. The van der Waals surface area contributed by atoms with Crippen LogP contribution in [0, 0.1) is 5.92 Å². The molecule has 110 valence electrons. The normalized spacial score (nSPS) is 18.5. The molecular weight excluding hydrogens is 248 g/mol. The monoisotopic (exact) mass is 272 g/mol. The number of likely N-dealkylation sites (N-methyl/N-ethyl adjacent to an activating group) is 1. The Kier molecular flexibility index (Phi) is 6.24. The first-order valence-electron chi connectivity index (χ1n) is 6.66. The molecule has 1 aliphatic heterocycles. The summed E-state index contributed by atoms with van der Waals surface area (Å²) in [5.74, 6) is -0.215. The van der Waals surface area contributed by atoms with E-state index in [1.165, 1.54) is 7.11 Å². The number of rotatable bonds is 5. The summed E-state index contributed by atoms with van der Waals surface area (Å²) < 4.78 is 4.72. The summed E-state index contributed by atoms with van der Waals surface area (Å²) in [7, 11) is 3.21. The van der Waals surface area contributed by atoms with Crippen molar-refractivity contribution >= 4 is 11.9 Å². The maximum absolute atomic E-state index is 12.1. The first-order chi connectivity index (χ1) is 8.99. The number of aliphatic hydroxyl groups excluding tert-OH is 1. The van der Waals surface area contributed by atoms with Crippen LogP contribution in [0.5, 0.6) is 0 Å². The molecule has 0 radical (unpaired) electrons. The number of carbonyl (C=O) groups is 2. The first-order valence-corrected chi connectivity index (χ1v) is 6.66. The molecule has 0 aromatic rings. The van der Waals surface area contributed by atoms with Crippen molar-refractivity contribution < 1.29 is 19.4 Å². The highest BCUT2D eigenvalue weighted by Crippen LogP contribution is 2.18. The number of esters is 1. The molecule has 0 aromatic carbocycles. The second kappa shape index (κ2) is 7.45. The van der Waals surface area contributed by atoms with Crippen LogP contribution in [0.2, 0.25) is 0 Å². The topological polar surface area (TPSA) is 70.1 Å². The first kappa shape index (κ1) is 15.9. The van der Waals surface area contributed by atoms with Crippen LogP contribution in [0.15, 0.2) is 0 Å². The van der Waals surface area contributed by atoms with E-state index in [1.807, 2.05) is 18.9 Å². The third-order valence-corrected chi connectivity index (χ3v) is 3.78. The molecule has 1 N–H and O–H groups in total. The van der Waals surface area contributed by atoms with E-state index in [1.54, 1.807) is 4.90 Å². The summed E-state index contributed by atoms with van der Waals surface area (Å²) in [5.41, 5.74) is 0. The number of nitrogens with zero attached hydrogens (tertiary/aromatic N) is 2. The van der Waals surface area contributed by atoms with Crippen LogP contribution in [0.25, 0.3) is 0 Å². The molecule has 1 amide bonds. The van der Waals surface area contributed by atoms with Crippen LogP contribution < -0.4 is 0 Å². The summed E-state index contributed by atoms with van der Waals surface area (Å²) in [6, 6.07) is -0.0310. The summed E-state index contributed by atoms with van der Waals surface area (Å²) >= 11 is 0. The van der Waals surface area contributed by atoms with Crippen molar-refractivity contribution in [3.05, 3.63) is 0 Å². The SMILES string of the molecule is COC(=O)C1CCN(C(=O)CN(C)C(C)CO)CC1. The minimum Gasteiger partial charge on any atom is -0.469 e. The number of piperidine rings is 1. The van der Waals surface area contributed by atoms with Gasteiger partial charge in [0.25, 0.3) is 0 Å². The lowest BCUT2D eigenvalue weighted by molar-refractivity contribution is -0.149. The van der Waals surface area contributed by atoms with Crippen LogP contribution in [-0.2, 0) is 14.3 Å². The molecule has 1 saturated heterocycles. The Morgan fingerprint density at radius 3 is 2.47 bits per heavy atom. The number of hydrogen-bond acceptors (Lipinski definition) is 5. The van der Waals surface area contributed by atoms with Crippen molar-refractivity contribution in [2.45, 2.75) is 25.8 Å². The molecular formula is C13H24N2O4. The Balaban J connectivity index is 2.38. The number of carbonyl (C=O) groups excluding carboxylic acids is 2. The van der Waals surface area contributed by atoms with Crippen molar-refractivity contribution in [2.24, 2.45) is 5.92 Å². The molecule has 0 spiro atoms. The average molecular weight is 272 g/mol. The molecule has 6 nitrogen and oxygen atoms in total. The molecule has 0 saturated carbocycles. The van der Waals surface area contributed by atoms with Crippen molar-refractivity contribution in [1.82, 2.24) is 9.80 Å². The summed E-state index contributed by atoms with van der Waals surface area (Å²) in [4.78, 5) is 27.1.